The summed E-state index contributed by atoms with van der Waals surface area (Å²) in [4.78, 5) is 13.5. The van der Waals surface area contributed by atoms with Gasteiger partial charge in [-0.1, -0.05) is 38.8 Å². The zero-order valence-corrected chi connectivity index (χ0v) is 17.7. The summed E-state index contributed by atoms with van der Waals surface area (Å²) in [5, 5.41) is 3.52. The minimum Gasteiger partial charge on any atom is -0.494 e. The fourth-order valence-electron chi connectivity index (χ4n) is 2.84. The molecular formula is C21H37ClN2O2. The van der Waals surface area contributed by atoms with E-state index in [0.717, 1.165) is 51.3 Å². The van der Waals surface area contributed by atoms with Gasteiger partial charge in [-0.3, -0.25) is 4.79 Å². The van der Waals surface area contributed by atoms with Crippen molar-refractivity contribution in [1.82, 2.24) is 10.2 Å². The van der Waals surface area contributed by atoms with Crippen molar-refractivity contribution in [2.24, 2.45) is 0 Å². The van der Waals surface area contributed by atoms with E-state index in [4.69, 9.17) is 4.74 Å². The van der Waals surface area contributed by atoms with E-state index in [-0.39, 0.29) is 18.3 Å². The summed E-state index contributed by atoms with van der Waals surface area (Å²) in [5.41, 5.74) is 1.28. The molecule has 1 atom stereocenters. The van der Waals surface area contributed by atoms with E-state index in [9.17, 15) is 4.79 Å². The average molecular weight is 385 g/mol. The largest absolute Gasteiger partial charge is 0.494 e. The highest BCUT2D eigenvalue weighted by Crippen LogP contribution is 2.14. The van der Waals surface area contributed by atoms with E-state index < -0.39 is 0 Å². The Morgan fingerprint density at radius 2 is 2.00 bits per heavy atom. The number of hydrogen-bond donors (Lipinski definition) is 1. The second kappa shape index (κ2) is 14.9. The number of carbonyl (C=O) groups excluding carboxylic acids is 1. The first-order valence-corrected chi connectivity index (χ1v) is 9.77. The van der Waals surface area contributed by atoms with Crippen LogP contribution in [0.15, 0.2) is 24.3 Å². The molecule has 0 saturated heterocycles. The van der Waals surface area contributed by atoms with Gasteiger partial charge in [0.05, 0.1) is 6.61 Å². The van der Waals surface area contributed by atoms with Gasteiger partial charge in [0, 0.05) is 26.1 Å². The summed E-state index contributed by atoms with van der Waals surface area (Å²) >= 11 is 0. The van der Waals surface area contributed by atoms with Gasteiger partial charge in [-0.05, 0) is 50.4 Å². The number of halogens is 1. The maximum absolute atomic E-state index is 11.6. The Morgan fingerprint density at radius 3 is 2.65 bits per heavy atom. The SMILES string of the molecule is CCCCCOc1cccc(CCNC(C)CN(CCC)C(C)=O)c1.Cl. The molecule has 1 amide bonds. The third kappa shape index (κ3) is 10.7. The van der Waals surface area contributed by atoms with E-state index in [0.29, 0.717) is 6.04 Å². The molecule has 0 bridgehead atoms. The lowest BCUT2D eigenvalue weighted by Crippen LogP contribution is -2.42. The first-order valence-electron chi connectivity index (χ1n) is 9.77. The molecule has 0 fully saturated rings. The van der Waals surface area contributed by atoms with Crippen molar-refractivity contribution in [3.63, 3.8) is 0 Å². The highest BCUT2D eigenvalue weighted by atomic mass is 35.5. The van der Waals surface area contributed by atoms with E-state index in [1.54, 1.807) is 6.92 Å². The number of ether oxygens (including phenoxy) is 1. The number of hydrogen-bond acceptors (Lipinski definition) is 3. The topological polar surface area (TPSA) is 41.6 Å². The second-order valence-corrected chi connectivity index (χ2v) is 6.77. The van der Waals surface area contributed by atoms with Crippen molar-refractivity contribution in [2.75, 3.05) is 26.2 Å². The monoisotopic (exact) mass is 384 g/mol. The lowest BCUT2D eigenvalue weighted by molar-refractivity contribution is -0.129. The molecule has 0 aliphatic carbocycles. The number of rotatable bonds is 13. The van der Waals surface area contributed by atoms with Crippen LogP contribution in [-0.2, 0) is 11.2 Å². The highest BCUT2D eigenvalue weighted by Gasteiger charge is 2.11. The quantitative estimate of drug-likeness (QED) is 0.510. The number of benzene rings is 1. The van der Waals surface area contributed by atoms with Gasteiger partial charge in [0.25, 0.3) is 0 Å². The van der Waals surface area contributed by atoms with Crippen LogP contribution in [0.4, 0.5) is 0 Å². The number of unbranched alkanes of at least 4 members (excludes halogenated alkanes) is 2. The summed E-state index contributed by atoms with van der Waals surface area (Å²) in [6.07, 6.45) is 5.51. The van der Waals surface area contributed by atoms with E-state index in [1.165, 1.54) is 18.4 Å². The first kappa shape index (κ1) is 24.7. The molecule has 26 heavy (non-hydrogen) atoms. The normalized spacial score (nSPS) is 11.5. The summed E-state index contributed by atoms with van der Waals surface area (Å²) < 4.78 is 5.82. The Kier molecular flexibility index (Phi) is 14.1. The molecule has 0 heterocycles. The fourth-order valence-corrected chi connectivity index (χ4v) is 2.84. The van der Waals surface area contributed by atoms with Crippen molar-refractivity contribution in [3.8, 4) is 5.75 Å². The van der Waals surface area contributed by atoms with Crippen molar-refractivity contribution in [3.05, 3.63) is 29.8 Å². The van der Waals surface area contributed by atoms with Crippen molar-refractivity contribution >= 4 is 18.3 Å². The molecule has 1 unspecified atom stereocenters. The zero-order valence-electron chi connectivity index (χ0n) is 16.9. The minimum atomic E-state index is 0. The third-order valence-corrected chi connectivity index (χ3v) is 4.25. The van der Waals surface area contributed by atoms with Crippen LogP contribution < -0.4 is 10.1 Å². The fraction of sp³-hybridized carbons (Fsp3) is 0.667. The van der Waals surface area contributed by atoms with Gasteiger partial charge in [0.15, 0.2) is 0 Å². The molecule has 1 aromatic rings. The summed E-state index contributed by atoms with van der Waals surface area (Å²) in [6.45, 7) is 11.4. The van der Waals surface area contributed by atoms with E-state index in [1.807, 2.05) is 11.0 Å². The van der Waals surface area contributed by atoms with Gasteiger partial charge in [-0.15, -0.1) is 12.4 Å². The summed E-state index contributed by atoms with van der Waals surface area (Å²) in [7, 11) is 0. The van der Waals surface area contributed by atoms with Crippen LogP contribution in [0.5, 0.6) is 5.75 Å². The number of nitrogens with zero attached hydrogens (tertiary/aromatic N) is 1. The van der Waals surface area contributed by atoms with Gasteiger partial charge in [0.2, 0.25) is 5.91 Å². The maximum atomic E-state index is 11.6. The zero-order chi connectivity index (χ0) is 18.5. The molecule has 0 radical (unpaired) electrons. The number of nitrogens with one attached hydrogen (secondary N) is 1. The number of amides is 1. The van der Waals surface area contributed by atoms with Gasteiger partial charge in [-0.2, -0.15) is 0 Å². The predicted molar refractivity (Wildman–Crippen MR) is 112 cm³/mol. The van der Waals surface area contributed by atoms with Gasteiger partial charge in [0.1, 0.15) is 5.75 Å². The first-order chi connectivity index (χ1) is 12.1. The second-order valence-electron chi connectivity index (χ2n) is 6.77. The third-order valence-electron chi connectivity index (χ3n) is 4.25. The van der Waals surface area contributed by atoms with Crippen LogP contribution in [0.1, 0.15) is 58.9 Å². The van der Waals surface area contributed by atoms with E-state index >= 15 is 0 Å². The van der Waals surface area contributed by atoms with Crippen LogP contribution in [0.2, 0.25) is 0 Å². The molecule has 0 spiro atoms. The molecule has 4 nitrogen and oxygen atoms in total. The lowest BCUT2D eigenvalue weighted by atomic mass is 10.1. The summed E-state index contributed by atoms with van der Waals surface area (Å²) in [6, 6.07) is 8.67. The predicted octanol–water partition coefficient (Wildman–Crippen LogP) is 4.46. The number of carbonyl (C=O) groups is 1. The standard InChI is InChI=1S/C21H36N2O2.ClH/c1-5-7-8-15-25-21-11-9-10-20(16-21)12-13-22-18(3)17-23(14-6-2)19(4)24;/h9-11,16,18,22H,5-8,12-15,17H2,1-4H3;1H. The lowest BCUT2D eigenvalue weighted by Gasteiger charge is -2.25. The Balaban J connectivity index is 0.00000625. The van der Waals surface area contributed by atoms with Crippen LogP contribution in [-0.4, -0.2) is 43.1 Å². The van der Waals surface area contributed by atoms with Gasteiger partial charge in [-0.25, -0.2) is 0 Å². The molecule has 0 aromatic heterocycles. The maximum Gasteiger partial charge on any atom is 0.219 e. The molecule has 0 aliphatic rings. The summed E-state index contributed by atoms with van der Waals surface area (Å²) in [5.74, 6) is 1.12. The average Bonchev–Trinajstić information content (AvgIpc) is 2.59. The van der Waals surface area contributed by atoms with Crippen LogP contribution in [0.3, 0.4) is 0 Å². The van der Waals surface area contributed by atoms with Gasteiger partial charge < -0.3 is 15.0 Å². The van der Waals surface area contributed by atoms with Crippen LogP contribution >= 0.6 is 12.4 Å². The molecule has 1 N–H and O–H groups in total. The van der Waals surface area contributed by atoms with E-state index in [2.05, 4.69) is 44.3 Å². The Morgan fingerprint density at radius 1 is 1.23 bits per heavy atom. The molecule has 150 valence electrons. The molecular weight excluding hydrogens is 348 g/mol. The van der Waals surface area contributed by atoms with Crippen molar-refractivity contribution in [2.45, 2.75) is 65.8 Å². The molecule has 5 heteroatoms. The molecule has 0 aliphatic heterocycles. The smallest absolute Gasteiger partial charge is 0.219 e. The molecule has 1 aromatic carbocycles. The Bertz CT molecular complexity index is 497. The van der Waals surface area contributed by atoms with Crippen molar-refractivity contribution in [1.29, 1.82) is 0 Å². The minimum absolute atomic E-state index is 0. The van der Waals surface area contributed by atoms with Gasteiger partial charge >= 0.3 is 0 Å². The Labute approximate surface area is 166 Å². The van der Waals surface area contributed by atoms with Crippen LogP contribution in [0, 0.1) is 0 Å². The van der Waals surface area contributed by atoms with Crippen LogP contribution in [0.25, 0.3) is 0 Å². The molecule has 1 rings (SSSR count). The Hall–Kier alpha value is -1.26. The highest BCUT2D eigenvalue weighted by molar-refractivity contribution is 5.85. The molecule has 0 saturated carbocycles. The van der Waals surface area contributed by atoms with Crippen molar-refractivity contribution < 1.29 is 9.53 Å².